The van der Waals surface area contributed by atoms with Gasteiger partial charge in [-0.1, -0.05) is 19.9 Å². The molecule has 2 rings (SSSR count). The van der Waals surface area contributed by atoms with Crippen molar-refractivity contribution >= 4 is 11.8 Å². The standard InChI is InChI=1S/C15H20N2OS/c1-3-13(4-2)17-9-8-12(16-17)11-19-15-7-5-6-14(18)10-15/h5-10,13,18H,3-4,11H2,1-2H3. The Hall–Kier alpha value is -1.42. The molecule has 0 bridgehead atoms. The maximum atomic E-state index is 9.42. The summed E-state index contributed by atoms with van der Waals surface area (Å²) in [5, 5.41) is 14.0. The van der Waals surface area contributed by atoms with Crippen LogP contribution >= 0.6 is 11.8 Å². The van der Waals surface area contributed by atoms with E-state index in [0.717, 1.165) is 29.2 Å². The molecule has 0 radical (unpaired) electrons. The number of hydrogen-bond donors (Lipinski definition) is 1. The number of hydrogen-bond acceptors (Lipinski definition) is 3. The Morgan fingerprint density at radius 3 is 2.74 bits per heavy atom. The van der Waals surface area contributed by atoms with E-state index in [-0.39, 0.29) is 0 Å². The summed E-state index contributed by atoms with van der Waals surface area (Å²) < 4.78 is 2.07. The molecule has 0 amide bonds. The number of nitrogens with zero attached hydrogens (tertiary/aromatic N) is 2. The average molecular weight is 276 g/mol. The van der Waals surface area contributed by atoms with Gasteiger partial charge in [0.05, 0.1) is 11.7 Å². The van der Waals surface area contributed by atoms with E-state index < -0.39 is 0 Å². The summed E-state index contributed by atoms with van der Waals surface area (Å²) in [6.07, 6.45) is 4.28. The molecule has 0 unspecified atom stereocenters. The minimum atomic E-state index is 0.313. The molecular formula is C15H20N2OS. The molecule has 0 atom stereocenters. The molecule has 4 heteroatoms. The summed E-state index contributed by atoms with van der Waals surface area (Å²) in [6, 6.07) is 9.91. The Labute approximate surface area is 118 Å². The van der Waals surface area contributed by atoms with Crippen LogP contribution in [0.15, 0.2) is 41.4 Å². The van der Waals surface area contributed by atoms with Crippen molar-refractivity contribution in [1.29, 1.82) is 0 Å². The molecule has 2 aromatic rings. The van der Waals surface area contributed by atoms with Gasteiger partial charge < -0.3 is 5.11 Å². The van der Waals surface area contributed by atoms with Gasteiger partial charge in [-0.2, -0.15) is 5.10 Å². The number of rotatable bonds is 6. The Morgan fingerprint density at radius 2 is 2.05 bits per heavy atom. The van der Waals surface area contributed by atoms with E-state index in [9.17, 15) is 5.11 Å². The van der Waals surface area contributed by atoms with Crippen LogP contribution in [0.25, 0.3) is 0 Å². The van der Waals surface area contributed by atoms with Crippen LogP contribution < -0.4 is 0 Å². The molecule has 102 valence electrons. The Kier molecular flexibility index (Phi) is 4.91. The SMILES string of the molecule is CCC(CC)n1ccc(CSc2cccc(O)c2)n1. The van der Waals surface area contributed by atoms with Crippen molar-refractivity contribution < 1.29 is 5.11 Å². The molecule has 0 saturated heterocycles. The fourth-order valence-corrected chi connectivity index (χ4v) is 2.90. The largest absolute Gasteiger partial charge is 0.508 e. The van der Waals surface area contributed by atoms with E-state index in [1.807, 2.05) is 12.1 Å². The van der Waals surface area contributed by atoms with Crippen molar-refractivity contribution in [2.45, 2.75) is 43.4 Å². The third-order valence-electron chi connectivity index (χ3n) is 3.18. The molecule has 0 fully saturated rings. The first-order valence-corrected chi connectivity index (χ1v) is 7.67. The normalized spacial score (nSPS) is 11.1. The zero-order valence-corrected chi connectivity index (χ0v) is 12.2. The molecule has 0 aliphatic heterocycles. The van der Waals surface area contributed by atoms with Gasteiger partial charge in [0, 0.05) is 16.8 Å². The number of benzene rings is 1. The minimum Gasteiger partial charge on any atom is -0.508 e. The predicted molar refractivity (Wildman–Crippen MR) is 79.5 cm³/mol. The summed E-state index contributed by atoms with van der Waals surface area (Å²) in [4.78, 5) is 1.07. The highest BCUT2D eigenvalue weighted by Gasteiger charge is 2.08. The van der Waals surface area contributed by atoms with E-state index in [1.54, 1.807) is 23.9 Å². The van der Waals surface area contributed by atoms with Gasteiger partial charge in [-0.15, -0.1) is 11.8 Å². The maximum absolute atomic E-state index is 9.42. The zero-order valence-electron chi connectivity index (χ0n) is 11.4. The quantitative estimate of drug-likeness (QED) is 0.802. The van der Waals surface area contributed by atoms with Crippen LogP contribution in [-0.2, 0) is 5.75 Å². The lowest BCUT2D eigenvalue weighted by molar-refractivity contribution is 0.426. The molecule has 1 aromatic heterocycles. The van der Waals surface area contributed by atoms with Gasteiger partial charge in [0.2, 0.25) is 0 Å². The average Bonchev–Trinajstić information content (AvgIpc) is 2.87. The monoisotopic (exact) mass is 276 g/mol. The van der Waals surface area contributed by atoms with Crippen molar-refractivity contribution in [3.05, 3.63) is 42.2 Å². The molecule has 1 heterocycles. The molecule has 1 aromatic carbocycles. The Morgan fingerprint density at radius 1 is 1.26 bits per heavy atom. The van der Waals surface area contributed by atoms with Crippen molar-refractivity contribution in [3.63, 3.8) is 0 Å². The van der Waals surface area contributed by atoms with Gasteiger partial charge in [-0.05, 0) is 37.1 Å². The molecule has 19 heavy (non-hydrogen) atoms. The van der Waals surface area contributed by atoms with E-state index >= 15 is 0 Å². The van der Waals surface area contributed by atoms with Gasteiger partial charge in [0.15, 0.2) is 0 Å². The summed E-state index contributed by atoms with van der Waals surface area (Å²) in [5.74, 6) is 1.14. The third-order valence-corrected chi connectivity index (χ3v) is 4.21. The Balaban J connectivity index is 1.97. The van der Waals surface area contributed by atoms with Crippen LogP contribution in [0.5, 0.6) is 5.75 Å². The maximum Gasteiger partial charge on any atom is 0.116 e. The van der Waals surface area contributed by atoms with Crippen LogP contribution in [0.4, 0.5) is 0 Å². The lowest BCUT2D eigenvalue weighted by atomic mass is 10.2. The molecule has 0 aliphatic rings. The highest BCUT2D eigenvalue weighted by Crippen LogP contribution is 2.25. The second kappa shape index (κ2) is 6.66. The fraction of sp³-hybridized carbons (Fsp3) is 0.400. The number of phenolic OH excluding ortho intramolecular Hbond substituents is 1. The molecular weight excluding hydrogens is 256 g/mol. The first kappa shape index (κ1) is 14.0. The van der Waals surface area contributed by atoms with Gasteiger partial charge in [0.1, 0.15) is 5.75 Å². The zero-order chi connectivity index (χ0) is 13.7. The Bertz CT molecular complexity index is 520. The number of phenols is 1. The van der Waals surface area contributed by atoms with Crippen LogP contribution in [0, 0.1) is 0 Å². The van der Waals surface area contributed by atoms with Gasteiger partial charge in [-0.3, -0.25) is 4.68 Å². The van der Waals surface area contributed by atoms with Gasteiger partial charge >= 0.3 is 0 Å². The van der Waals surface area contributed by atoms with Crippen LogP contribution in [0.2, 0.25) is 0 Å². The van der Waals surface area contributed by atoms with E-state index in [0.29, 0.717) is 11.8 Å². The summed E-state index contributed by atoms with van der Waals surface area (Å²) in [6.45, 7) is 4.38. The van der Waals surface area contributed by atoms with Gasteiger partial charge in [-0.25, -0.2) is 0 Å². The number of aromatic nitrogens is 2. The van der Waals surface area contributed by atoms with Crippen molar-refractivity contribution in [2.75, 3.05) is 0 Å². The first-order valence-electron chi connectivity index (χ1n) is 6.68. The summed E-state index contributed by atoms with van der Waals surface area (Å²) in [5.41, 5.74) is 1.08. The second-order valence-electron chi connectivity index (χ2n) is 4.54. The number of thioether (sulfide) groups is 1. The van der Waals surface area contributed by atoms with Crippen LogP contribution in [-0.4, -0.2) is 14.9 Å². The van der Waals surface area contributed by atoms with E-state index in [1.165, 1.54) is 0 Å². The molecule has 1 N–H and O–H groups in total. The first-order chi connectivity index (χ1) is 9.22. The molecule has 0 saturated carbocycles. The van der Waals surface area contributed by atoms with Crippen LogP contribution in [0.3, 0.4) is 0 Å². The van der Waals surface area contributed by atoms with Crippen molar-refractivity contribution in [1.82, 2.24) is 9.78 Å². The lowest BCUT2D eigenvalue weighted by Gasteiger charge is -2.12. The molecule has 3 nitrogen and oxygen atoms in total. The van der Waals surface area contributed by atoms with Gasteiger partial charge in [0.25, 0.3) is 0 Å². The minimum absolute atomic E-state index is 0.313. The highest BCUT2D eigenvalue weighted by atomic mass is 32.2. The predicted octanol–water partition coefficient (Wildman–Crippen LogP) is 4.24. The van der Waals surface area contributed by atoms with Crippen molar-refractivity contribution in [3.8, 4) is 5.75 Å². The molecule has 0 aliphatic carbocycles. The van der Waals surface area contributed by atoms with Crippen LogP contribution in [0.1, 0.15) is 38.4 Å². The van der Waals surface area contributed by atoms with E-state index in [4.69, 9.17) is 0 Å². The summed E-state index contributed by atoms with van der Waals surface area (Å²) in [7, 11) is 0. The van der Waals surface area contributed by atoms with E-state index in [2.05, 4.69) is 35.9 Å². The van der Waals surface area contributed by atoms with Crippen molar-refractivity contribution in [2.24, 2.45) is 0 Å². The summed E-state index contributed by atoms with van der Waals surface area (Å²) >= 11 is 1.69. The molecule has 0 spiro atoms. The fourth-order valence-electron chi connectivity index (χ4n) is 2.05. The second-order valence-corrected chi connectivity index (χ2v) is 5.59. The smallest absolute Gasteiger partial charge is 0.116 e. The lowest BCUT2D eigenvalue weighted by Crippen LogP contribution is -2.07. The highest BCUT2D eigenvalue weighted by molar-refractivity contribution is 7.98. The topological polar surface area (TPSA) is 38.0 Å². The third kappa shape index (κ3) is 3.77. The number of aromatic hydroxyl groups is 1.